The average Bonchev–Trinajstić information content (AvgIpc) is 3.02. The lowest BCUT2D eigenvalue weighted by molar-refractivity contribution is 0.140. The van der Waals surface area contributed by atoms with Crippen molar-refractivity contribution in [2.24, 2.45) is 5.92 Å². The summed E-state index contributed by atoms with van der Waals surface area (Å²) >= 11 is 0. The molecule has 2 rings (SSSR count). The second-order valence-electron chi connectivity index (χ2n) is 7.65. The van der Waals surface area contributed by atoms with Crippen LogP contribution in [0.25, 0.3) is 11.3 Å². The standard InChI is InChI=1S/C20H29N3O2/c1-7-23(19(24)25-13-14(2)3)18-21-12-17(22-18)15-8-10-16(11-9-15)20(4,5)6/h8-12,14H,7,13H2,1-6H3,(H,21,22). The first-order chi connectivity index (χ1) is 11.7. The summed E-state index contributed by atoms with van der Waals surface area (Å²) in [7, 11) is 0. The van der Waals surface area contributed by atoms with Crippen LogP contribution in [-0.4, -0.2) is 29.2 Å². The van der Waals surface area contributed by atoms with Crippen LogP contribution in [0.4, 0.5) is 10.7 Å². The van der Waals surface area contributed by atoms with Crippen LogP contribution in [0.1, 0.15) is 47.1 Å². The molecule has 1 heterocycles. The third-order valence-corrected chi connectivity index (χ3v) is 3.94. The van der Waals surface area contributed by atoms with Crippen LogP contribution in [0.15, 0.2) is 30.5 Å². The molecule has 2 aromatic rings. The summed E-state index contributed by atoms with van der Waals surface area (Å²) in [6.07, 6.45) is 1.44. The Bertz CT molecular complexity index is 696. The Morgan fingerprint density at radius 3 is 2.40 bits per heavy atom. The molecule has 0 radical (unpaired) electrons. The number of benzene rings is 1. The minimum Gasteiger partial charge on any atom is -0.449 e. The van der Waals surface area contributed by atoms with Crippen molar-refractivity contribution < 1.29 is 9.53 Å². The minimum atomic E-state index is -0.375. The molecule has 5 nitrogen and oxygen atoms in total. The number of carbonyl (C=O) groups excluding carboxylic acids is 1. The number of hydrogen-bond donors (Lipinski definition) is 1. The third-order valence-electron chi connectivity index (χ3n) is 3.94. The van der Waals surface area contributed by atoms with Gasteiger partial charge in [-0.2, -0.15) is 0 Å². The lowest BCUT2D eigenvalue weighted by atomic mass is 9.86. The summed E-state index contributed by atoms with van der Waals surface area (Å²) in [5.74, 6) is 0.808. The summed E-state index contributed by atoms with van der Waals surface area (Å²) < 4.78 is 5.31. The predicted molar refractivity (Wildman–Crippen MR) is 102 cm³/mol. The number of H-pyrrole nitrogens is 1. The molecule has 0 unspecified atom stereocenters. The van der Waals surface area contributed by atoms with Gasteiger partial charge in [-0.3, -0.25) is 0 Å². The average molecular weight is 343 g/mol. The summed E-state index contributed by atoms with van der Waals surface area (Å²) in [5, 5.41) is 0. The van der Waals surface area contributed by atoms with Crippen LogP contribution < -0.4 is 4.90 Å². The van der Waals surface area contributed by atoms with Crippen LogP contribution >= 0.6 is 0 Å². The number of anilines is 1. The van der Waals surface area contributed by atoms with Gasteiger partial charge in [-0.05, 0) is 23.8 Å². The van der Waals surface area contributed by atoms with Gasteiger partial charge in [0.2, 0.25) is 5.95 Å². The molecule has 0 aliphatic heterocycles. The van der Waals surface area contributed by atoms with Crippen molar-refractivity contribution in [1.82, 2.24) is 9.97 Å². The summed E-state index contributed by atoms with van der Waals surface area (Å²) in [5.41, 5.74) is 3.22. The second-order valence-corrected chi connectivity index (χ2v) is 7.65. The number of aromatic amines is 1. The SMILES string of the molecule is CCN(C(=O)OCC(C)C)c1nc(-c2ccc(C(C)(C)C)cc2)c[nH]1. The molecule has 136 valence electrons. The zero-order valence-electron chi connectivity index (χ0n) is 16.1. The van der Waals surface area contributed by atoms with E-state index in [1.54, 1.807) is 0 Å². The minimum absolute atomic E-state index is 0.119. The van der Waals surface area contributed by atoms with Gasteiger partial charge in [-0.25, -0.2) is 14.7 Å². The fourth-order valence-electron chi connectivity index (χ4n) is 2.42. The molecule has 0 aliphatic rings. The molecule has 0 spiro atoms. The van der Waals surface area contributed by atoms with E-state index < -0.39 is 0 Å². The van der Waals surface area contributed by atoms with E-state index in [1.807, 2.05) is 27.0 Å². The van der Waals surface area contributed by atoms with Crippen molar-refractivity contribution in [2.45, 2.75) is 47.0 Å². The number of ether oxygens (including phenoxy) is 1. The third kappa shape index (κ3) is 4.84. The Morgan fingerprint density at radius 1 is 1.24 bits per heavy atom. The molecule has 0 bridgehead atoms. The Hall–Kier alpha value is -2.30. The molecule has 0 saturated heterocycles. The van der Waals surface area contributed by atoms with Crippen molar-refractivity contribution in [3.63, 3.8) is 0 Å². The van der Waals surface area contributed by atoms with Gasteiger partial charge in [0.15, 0.2) is 0 Å². The molecule has 1 N–H and O–H groups in total. The highest BCUT2D eigenvalue weighted by atomic mass is 16.6. The Labute approximate surface area is 150 Å². The molecule has 1 aromatic heterocycles. The number of aromatic nitrogens is 2. The van der Waals surface area contributed by atoms with Gasteiger partial charge in [0, 0.05) is 18.3 Å². The van der Waals surface area contributed by atoms with Gasteiger partial charge in [-0.15, -0.1) is 0 Å². The zero-order valence-corrected chi connectivity index (χ0v) is 16.1. The van der Waals surface area contributed by atoms with Crippen molar-refractivity contribution in [3.05, 3.63) is 36.0 Å². The van der Waals surface area contributed by atoms with E-state index in [9.17, 15) is 4.79 Å². The molecule has 0 fully saturated rings. The number of carbonyl (C=O) groups is 1. The maximum absolute atomic E-state index is 12.2. The number of amides is 1. The number of rotatable bonds is 5. The summed E-state index contributed by atoms with van der Waals surface area (Å²) in [4.78, 5) is 21.4. The van der Waals surface area contributed by atoms with Crippen molar-refractivity contribution >= 4 is 12.0 Å². The van der Waals surface area contributed by atoms with Crippen LogP contribution in [0.2, 0.25) is 0 Å². The van der Waals surface area contributed by atoms with Crippen LogP contribution in [0.5, 0.6) is 0 Å². The smallest absolute Gasteiger partial charge is 0.416 e. The van der Waals surface area contributed by atoms with E-state index in [-0.39, 0.29) is 11.5 Å². The molecule has 1 aromatic carbocycles. The van der Waals surface area contributed by atoms with Gasteiger partial charge in [0.05, 0.1) is 12.3 Å². The van der Waals surface area contributed by atoms with Gasteiger partial charge in [0.25, 0.3) is 0 Å². The van der Waals surface area contributed by atoms with E-state index in [0.717, 1.165) is 11.3 Å². The summed E-state index contributed by atoms with van der Waals surface area (Å²) in [6, 6.07) is 8.37. The number of nitrogens with one attached hydrogen (secondary N) is 1. The van der Waals surface area contributed by atoms with E-state index in [1.165, 1.54) is 10.5 Å². The van der Waals surface area contributed by atoms with Gasteiger partial charge >= 0.3 is 6.09 Å². The van der Waals surface area contributed by atoms with Gasteiger partial charge < -0.3 is 9.72 Å². The first-order valence-electron chi connectivity index (χ1n) is 8.83. The molecule has 25 heavy (non-hydrogen) atoms. The van der Waals surface area contributed by atoms with E-state index >= 15 is 0 Å². The zero-order chi connectivity index (χ0) is 18.6. The normalized spacial score (nSPS) is 11.6. The van der Waals surface area contributed by atoms with E-state index in [0.29, 0.717) is 25.0 Å². The molecular weight excluding hydrogens is 314 g/mol. The lowest BCUT2D eigenvalue weighted by Gasteiger charge is -2.19. The van der Waals surface area contributed by atoms with Crippen molar-refractivity contribution in [3.8, 4) is 11.3 Å². The van der Waals surface area contributed by atoms with Crippen LogP contribution in [0, 0.1) is 5.92 Å². The van der Waals surface area contributed by atoms with Crippen LogP contribution in [0.3, 0.4) is 0 Å². The molecule has 5 heteroatoms. The maximum atomic E-state index is 12.2. The first kappa shape index (κ1) is 19.0. The quantitative estimate of drug-likeness (QED) is 0.831. The highest BCUT2D eigenvalue weighted by Crippen LogP contribution is 2.26. The van der Waals surface area contributed by atoms with Crippen molar-refractivity contribution in [2.75, 3.05) is 18.1 Å². The van der Waals surface area contributed by atoms with Gasteiger partial charge in [0.1, 0.15) is 0 Å². The summed E-state index contributed by atoms with van der Waals surface area (Å²) in [6.45, 7) is 13.4. The molecule has 0 atom stereocenters. The fourth-order valence-corrected chi connectivity index (χ4v) is 2.42. The number of hydrogen-bond acceptors (Lipinski definition) is 3. The molecular formula is C20H29N3O2. The molecule has 1 amide bonds. The monoisotopic (exact) mass is 343 g/mol. The lowest BCUT2D eigenvalue weighted by Crippen LogP contribution is -2.33. The first-order valence-corrected chi connectivity index (χ1v) is 8.83. The molecule has 0 saturated carbocycles. The van der Waals surface area contributed by atoms with Crippen LogP contribution in [-0.2, 0) is 10.2 Å². The van der Waals surface area contributed by atoms with Crippen molar-refractivity contribution in [1.29, 1.82) is 0 Å². The number of imidazole rings is 1. The Morgan fingerprint density at radius 2 is 1.88 bits per heavy atom. The van der Waals surface area contributed by atoms with Gasteiger partial charge in [-0.1, -0.05) is 58.9 Å². The highest BCUT2D eigenvalue weighted by Gasteiger charge is 2.19. The van der Waals surface area contributed by atoms with E-state index in [4.69, 9.17) is 4.74 Å². The predicted octanol–water partition coefficient (Wildman–Crippen LogP) is 4.99. The largest absolute Gasteiger partial charge is 0.449 e. The topological polar surface area (TPSA) is 58.2 Å². The maximum Gasteiger partial charge on any atom is 0.416 e. The Balaban J connectivity index is 2.16. The second kappa shape index (κ2) is 7.72. The molecule has 0 aliphatic carbocycles. The Kier molecular flexibility index (Phi) is 5.88. The van der Waals surface area contributed by atoms with E-state index in [2.05, 4.69) is 55.0 Å². The fraction of sp³-hybridized carbons (Fsp3) is 0.500. The highest BCUT2D eigenvalue weighted by molar-refractivity contribution is 5.85. The number of nitrogens with zero attached hydrogens (tertiary/aromatic N) is 2.